The first-order valence-electron chi connectivity index (χ1n) is 6.63. The molecule has 1 heterocycles. The number of rotatable bonds is 4. The van der Waals surface area contributed by atoms with Gasteiger partial charge in [-0.2, -0.15) is 11.8 Å². The molecule has 3 rings (SSSR count). The molecule has 2 aromatic rings. The summed E-state index contributed by atoms with van der Waals surface area (Å²) < 4.78 is 0. The lowest BCUT2D eigenvalue weighted by molar-refractivity contribution is 0.623. The van der Waals surface area contributed by atoms with Crippen LogP contribution in [0.2, 0.25) is 0 Å². The van der Waals surface area contributed by atoms with Gasteiger partial charge in [-0.15, -0.1) is 0 Å². The first kappa shape index (κ1) is 11.9. The third-order valence-electron chi connectivity index (χ3n) is 3.62. The standard InChI is InChI=1S/C14H19N3S/c15-11-5-6-12-13(7-11)17-14(16-12)9-18-8-10-3-1-2-4-10/h5-7,10H,1-4,8-9,15H2,(H,16,17). The third kappa shape index (κ3) is 2.64. The van der Waals surface area contributed by atoms with Crippen molar-refractivity contribution >= 4 is 28.5 Å². The van der Waals surface area contributed by atoms with Crippen LogP contribution in [-0.4, -0.2) is 15.7 Å². The van der Waals surface area contributed by atoms with E-state index in [0.717, 1.165) is 34.2 Å². The van der Waals surface area contributed by atoms with Gasteiger partial charge in [-0.25, -0.2) is 4.98 Å². The molecule has 1 aromatic carbocycles. The number of imidazole rings is 1. The highest BCUT2D eigenvalue weighted by Crippen LogP contribution is 2.29. The van der Waals surface area contributed by atoms with Crippen LogP contribution in [0.25, 0.3) is 11.0 Å². The Kier molecular flexibility index (Phi) is 3.46. The molecule has 0 saturated heterocycles. The Balaban J connectivity index is 1.60. The Hall–Kier alpha value is -1.16. The van der Waals surface area contributed by atoms with E-state index in [2.05, 4.69) is 9.97 Å². The molecular weight excluding hydrogens is 242 g/mol. The summed E-state index contributed by atoms with van der Waals surface area (Å²) in [6.45, 7) is 0. The van der Waals surface area contributed by atoms with Gasteiger partial charge in [0.2, 0.25) is 0 Å². The van der Waals surface area contributed by atoms with Crippen molar-refractivity contribution in [2.75, 3.05) is 11.5 Å². The quantitative estimate of drug-likeness (QED) is 0.827. The molecule has 96 valence electrons. The smallest absolute Gasteiger partial charge is 0.117 e. The number of thioether (sulfide) groups is 1. The van der Waals surface area contributed by atoms with E-state index >= 15 is 0 Å². The van der Waals surface area contributed by atoms with Gasteiger partial charge in [-0.1, -0.05) is 12.8 Å². The van der Waals surface area contributed by atoms with Gasteiger partial charge in [0.25, 0.3) is 0 Å². The van der Waals surface area contributed by atoms with Crippen molar-refractivity contribution in [1.82, 2.24) is 9.97 Å². The Morgan fingerprint density at radius 2 is 2.17 bits per heavy atom. The number of nitrogen functional groups attached to an aromatic ring is 1. The molecule has 3 N–H and O–H groups in total. The van der Waals surface area contributed by atoms with Gasteiger partial charge < -0.3 is 10.7 Å². The summed E-state index contributed by atoms with van der Waals surface area (Å²) in [6, 6.07) is 5.83. The normalized spacial score (nSPS) is 16.7. The van der Waals surface area contributed by atoms with Gasteiger partial charge in [-0.05, 0) is 42.7 Å². The van der Waals surface area contributed by atoms with Crippen molar-refractivity contribution < 1.29 is 0 Å². The number of hydrogen-bond donors (Lipinski definition) is 2. The van der Waals surface area contributed by atoms with Gasteiger partial charge in [0.15, 0.2) is 0 Å². The van der Waals surface area contributed by atoms with E-state index in [4.69, 9.17) is 5.73 Å². The topological polar surface area (TPSA) is 54.7 Å². The van der Waals surface area contributed by atoms with E-state index in [1.807, 2.05) is 30.0 Å². The molecule has 1 fully saturated rings. The van der Waals surface area contributed by atoms with Gasteiger partial charge in [0.05, 0.1) is 16.8 Å². The molecule has 0 atom stereocenters. The van der Waals surface area contributed by atoms with Crippen LogP contribution < -0.4 is 5.73 Å². The number of anilines is 1. The van der Waals surface area contributed by atoms with E-state index in [9.17, 15) is 0 Å². The van der Waals surface area contributed by atoms with Crippen molar-refractivity contribution in [3.63, 3.8) is 0 Å². The van der Waals surface area contributed by atoms with Crippen LogP contribution in [0, 0.1) is 5.92 Å². The molecule has 1 aliphatic carbocycles. The number of nitrogens with zero attached hydrogens (tertiary/aromatic N) is 1. The first-order valence-corrected chi connectivity index (χ1v) is 7.78. The maximum atomic E-state index is 5.76. The SMILES string of the molecule is Nc1ccc2nc(CSCC3CCCC3)[nH]c2c1. The van der Waals surface area contributed by atoms with E-state index < -0.39 is 0 Å². The number of hydrogen-bond acceptors (Lipinski definition) is 3. The fourth-order valence-electron chi connectivity index (χ4n) is 2.65. The van der Waals surface area contributed by atoms with Gasteiger partial charge in [0, 0.05) is 5.69 Å². The summed E-state index contributed by atoms with van der Waals surface area (Å²) in [4.78, 5) is 7.94. The Labute approximate surface area is 112 Å². The fourth-order valence-corrected chi connectivity index (χ4v) is 3.76. The molecule has 1 aliphatic rings. The molecule has 3 nitrogen and oxygen atoms in total. The van der Waals surface area contributed by atoms with Crippen LogP contribution in [-0.2, 0) is 5.75 Å². The van der Waals surface area contributed by atoms with Crippen LogP contribution in [0.1, 0.15) is 31.5 Å². The molecule has 0 amide bonds. The van der Waals surface area contributed by atoms with E-state index in [1.165, 1.54) is 31.4 Å². The van der Waals surface area contributed by atoms with Gasteiger partial charge in [-0.3, -0.25) is 0 Å². The van der Waals surface area contributed by atoms with E-state index in [0.29, 0.717) is 0 Å². The van der Waals surface area contributed by atoms with Gasteiger partial charge in [0.1, 0.15) is 5.82 Å². The molecule has 0 unspecified atom stereocenters. The highest BCUT2D eigenvalue weighted by molar-refractivity contribution is 7.98. The summed E-state index contributed by atoms with van der Waals surface area (Å²) >= 11 is 2.00. The minimum atomic E-state index is 0.788. The Bertz CT molecular complexity index is 529. The number of benzene rings is 1. The maximum absolute atomic E-state index is 5.76. The van der Waals surface area contributed by atoms with Crippen molar-refractivity contribution in [3.8, 4) is 0 Å². The molecule has 0 spiro atoms. The zero-order valence-electron chi connectivity index (χ0n) is 10.5. The van der Waals surface area contributed by atoms with Crippen LogP contribution in [0.3, 0.4) is 0 Å². The number of nitrogens with two attached hydrogens (primary N) is 1. The Morgan fingerprint density at radius 3 is 3.00 bits per heavy atom. The minimum Gasteiger partial charge on any atom is -0.399 e. The lowest BCUT2D eigenvalue weighted by Gasteiger charge is -2.06. The average Bonchev–Trinajstić information content (AvgIpc) is 2.97. The lowest BCUT2D eigenvalue weighted by atomic mass is 10.1. The molecule has 0 bridgehead atoms. The van der Waals surface area contributed by atoms with Crippen molar-refractivity contribution in [3.05, 3.63) is 24.0 Å². The highest BCUT2D eigenvalue weighted by Gasteiger charge is 2.14. The number of H-pyrrole nitrogens is 1. The Morgan fingerprint density at radius 1 is 1.33 bits per heavy atom. The van der Waals surface area contributed by atoms with Gasteiger partial charge >= 0.3 is 0 Å². The molecule has 18 heavy (non-hydrogen) atoms. The van der Waals surface area contributed by atoms with Crippen LogP contribution in [0.15, 0.2) is 18.2 Å². The van der Waals surface area contributed by atoms with E-state index in [-0.39, 0.29) is 0 Å². The molecular formula is C14H19N3S. The summed E-state index contributed by atoms with van der Waals surface area (Å²) in [5.41, 5.74) is 8.61. The zero-order chi connectivity index (χ0) is 12.4. The summed E-state index contributed by atoms with van der Waals surface area (Å²) in [5.74, 6) is 4.26. The largest absolute Gasteiger partial charge is 0.399 e. The number of fused-ring (bicyclic) bond motifs is 1. The third-order valence-corrected chi connectivity index (χ3v) is 4.81. The second-order valence-electron chi connectivity index (χ2n) is 5.13. The molecule has 0 radical (unpaired) electrons. The molecule has 4 heteroatoms. The summed E-state index contributed by atoms with van der Waals surface area (Å²) in [6.07, 6.45) is 5.69. The zero-order valence-corrected chi connectivity index (χ0v) is 11.3. The highest BCUT2D eigenvalue weighted by atomic mass is 32.2. The molecule has 1 aromatic heterocycles. The molecule has 0 aliphatic heterocycles. The predicted octanol–water partition coefficient (Wildman–Crippen LogP) is 3.57. The van der Waals surface area contributed by atoms with Crippen molar-refractivity contribution in [2.45, 2.75) is 31.4 Å². The number of aromatic nitrogens is 2. The van der Waals surface area contributed by atoms with Crippen LogP contribution >= 0.6 is 11.8 Å². The fraction of sp³-hybridized carbons (Fsp3) is 0.500. The second-order valence-corrected chi connectivity index (χ2v) is 6.16. The number of nitrogens with one attached hydrogen (secondary N) is 1. The summed E-state index contributed by atoms with van der Waals surface area (Å²) in [7, 11) is 0. The minimum absolute atomic E-state index is 0.788. The first-order chi connectivity index (χ1) is 8.81. The monoisotopic (exact) mass is 261 g/mol. The van der Waals surface area contributed by atoms with Crippen molar-refractivity contribution in [2.24, 2.45) is 5.92 Å². The summed E-state index contributed by atoms with van der Waals surface area (Å²) in [5, 5.41) is 0. The van der Waals surface area contributed by atoms with Crippen LogP contribution in [0.4, 0.5) is 5.69 Å². The second kappa shape index (κ2) is 5.22. The maximum Gasteiger partial charge on any atom is 0.117 e. The van der Waals surface area contributed by atoms with E-state index in [1.54, 1.807) is 0 Å². The van der Waals surface area contributed by atoms with Crippen LogP contribution in [0.5, 0.6) is 0 Å². The predicted molar refractivity (Wildman–Crippen MR) is 78.6 cm³/mol. The average molecular weight is 261 g/mol. The lowest BCUT2D eigenvalue weighted by Crippen LogP contribution is -1.97. The van der Waals surface area contributed by atoms with Crippen molar-refractivity contribution in [1.29, 1.82) is 0 Å². The number of aromatic amines is 1. The molecule has 1 saturated carbocycles.